The van der Waals surface area contributed by atoms with Crippen molar-refractivity contribution < 1.29 is 26.4 Å². The molecule has 0 atom stereocenters. The zero-order valence-corrected chi connectivity index (χ0v) is 24.4. The summed E-state index contributed by atoms with van der Waals surface area (Å²) in [4.78, 5) is 23.0. The summed E-state index contributed by atoms with van der Waals surface area (Å²) < 4.78 is 68.6. The number of anilines is 4. The number of para-hydroxylation sites is 1. The van der Waals surface area contributed by atoms with Crippen molar-refractivity contribution in [2.75, 3.05) is 55.8 Å². The van der Waals surface area contributed by atoms with Crippen LogP contribution in [0.15, 0.2) is 60.8 Å². The van der Waals surface area contributed by atoms with Crippen LogP contribution in [-0.4, -0.2) is 83.4 Å². The highest BCUT2D eigenvalue weighted by Gasteiger charge is 2.34. The second kappa shape index (κ2) is 11.1. The fraction of sp³-hybridized carbons (Fsp3) is 0.250. The number of amides is 1. The smallest absolute Gasteiger partial charge is 0.368 e. The summed E-state index contributed by atoms with van der Waals surface area (Å²) in [5, 5.41) is 13.4. The van der Waals surface area contributed by atoms with E-state index in [1.54, 1.807) is 30.5 Å². The Labute approximate surface area is 250 Å². The van der Waals surface area contributed by atoms with Crippen LogP contribution >= 0.6 is 0 Å². The minimum Gasteiger partial charge on any atom is -0.368 e. The van der Waals surface area contributed by atoms with Gasteiger partial charge >= 0.3 is 6.18 Å². The number of hydrogen-bond donors (Lipinski definition) is 4. The molecule has 1 amide bonds. The van der Waals surface area contributed by atoms with Gasteiger partial charge in [0.25, 0.3) is 16.1 Å². The molecule has 1 aliphatic rings. The standard InChI is InChI=1S/C28H28F3N9O3S/c1-38(2)44(42,43)40-11-9-39(10-12-40)25-15-24-23(35-27(36-24)34-21-6-4-3-5-20(21)28(29,30)31)14-19(25)26(41)33-18-8-7-17-16-32-37-22(17)13-18/h3-8,13-16H,9-12H2,1-2H3,(H,32,37)(H,33,41)(H2,34,35,36). The molecule has 3 aromatic carbocycles. The Kier molecular flexibility index (Phi) is 7.43. The molecule has 5 aromatic rings. The van der Waals surface area contributed by atoms with Gasteiger partial charge in [0.1, 0.15) is 0 Å². The molecule has 0 radical (unpaired) electrons. The van der Waals surface area contributed by atoms with Gasteiger partial charge in [0.05, 0.1) is 45.2 Å². The predicted octanol–water partition coefficient (Wildman–Crippen LogP) is 4.38. The van der Waals surface area contributed by atoms with Gasteiger partial charge in [-0.1, -0.05) is 12.1 Å². The third kappa shape index (κ3) is 5.66. The molecule has 1 aliphatic heterocycles. The topological polar surface area (TPSA) is 142 Å². The van der Waals surface area contributed by atoms with Gasteiger partial charge in [-0.3, -0.25) is 9.89 Å². The first kappa shape index (κ1) is 29.4. The van der Waals surface area contributed by atoms with Gasteiger partial charge in [0, 0.05) is 51.3 Å². The fourth-order valence-electron chi connectivity index (χ4n) is 5.12. The Hall–Kier alpha value is -4.67. The van der Waals surface area contributed by atoms with Crippen molar-refractivity contribution >= 4 is 61.1 Å². The van der Waals surface area contributed by atoms with E-state index >= 15 is 0 Å². The Morgan fingerprint density at radius 2 is 1.75 bits per heavy atom. The van der Waals surface area contributed by atoms with Crippen LogP contribution in [0.4, 0.5) is 36.2 Å². The van der Waals surface area contributed by atoms with E-state index < -0.39 is 27.9 Å². The molecule has 44 heavy (non-hydrogen) atoms. The van der Waals surface area contributed by atoms with Crippen LogP contribution in [-0.2, 0) is 16.4 Å². The van der Waals surface area contributed by atoms with Crippen molar-refractivity contribution in [3.8, 4) is 0 Å². The van der Waals surface area contributed by atoms with E-state index in [0.29, 0.717) is 35.5 Å². The maximum absolute atomic E-state index is 13.7. The molecule has 6 rings (SSSR count). The molecule has 0 saturated carbocycles. The minimum atomic E-state index is -4.57. The lowest BCUT2D eigenvalue weighted by atomic mass is 10.1. The van der Waals surface area contributed by atoms with Gasteiger partial charge in [-0.05, 0) is 42.5 Å². The molecule has 1 saturated heterocycles. The number of carbonyl (C=O) groups excluding carboxylic acids is 1. The molecule has 230 valence electrons. The van der Waals surface area contributed by atoms with E-state index in [0.717, 1.165) is 21.3 Å². The number of piperazine rings is 1. The SMILES string of the molecule is CN(C)S(=O)(=O)N1CCN(c2cc3nc(Nc4ccccc4C(F)(F)F)[nH]c3cc2C(=O)Nc2ccc3cn[nH]c3c2)CC1. The van der Waals surface area contributed by atoms with Crippen molar-refractivity contribution in [3.05, 3.63) is 71.9 Å². The molecule has 0 spiro atoms. The van der Waals surface area contributed by atoms with Crippen LogP contribution in [0.25, 0.3) is 21.9 Å². The van der Waals surface area contributed by atoms with Crippen LogP contribution in [0.3, 0.4) is 0 Å². The normalized spacial score (nSPS) is 14.9. The number of aromatic nitrogens is 4. The van der Waals surface area contributed by atoms with E-state index in [4.69, 9.17) is 0 Å². The number of alkyl halides is 3. The van der Waals surface area contributed by atoms with E-state index in [1.807, 2.05) is 11.0 Å². The van der Waals surface area contributed by atoms with Crippen LogP contribution < -0.4 is 15.5 Å². The second-order valence-electron chi connectivity index (χ2n) is 10.4. The predicted molar refractivity (Wildman–Crippen MR) is 161 cm³/mol. The van der Waals surface area contributed by atoms with E-state index in [2.05, 4.69) is 30.8 Å². The Morgan fingerprint density at radius 1 is 1.00 bits per heavy atom. The summed E-state index contributed by atoms with van der Waals surface area (Å²) in [6.45, 7) is 0.982. The van der Waals surface area contributed by atoms with E-state index in [1.165, 1.54) is 36.6 Å². The van der Waals surface area contributed by atoms with Crippen molar-refractivity contribution in [2.45, 2.75) is 6.18 Å². The third-order valence-corrected chi connectivity index (χ3v) is 9.34. The first-order valence-electron chi connectivity index (χ1n) is 13.5. The van der Waals surface area contributed by atoms with Crippen LogP contribution in [0, 0.1) is 0 Å². The lowest BCUT2D eigenvalue weighted by Gasteiger charge is -2.37. The highest BCUT2D eigenvalue weighted by molar-refractivity contribution is 7.86. The number of halogens is 3. The molecule has 0 bridgehead atoms. The first-order valence-corrected chi connectivity index (χ1v) is 14.9. The molecule has 2 aromatic heterocycles. The summed E-state index contributed by atoms with van der Waals surface area (Å²) in [5.74, 6) is -0.373. The zero-order valence-electron chi connectivity index (χ0n) is 23.6. The van der Waals surface area contributed by atoms with Crippen molar-refractivity contribution in [1.29, 1.82) is 0 Å². The van der Waals surface area contributed by atoms with E-state index in [-0.39, 0.29) is 30.3 Å². The summed E-state index contributed by atoms with van der Waals surface area (Å²) in [5.41, 5.74) is 1.85. The number of rotatable bonds is 7. The molecule has 0 aliphatic carbocycles. The molecule has 16 heteroatoms. The van der Waals surface area contributed by atoms with Gasteiger partial charge in [-0.25, -0.2) is 4.98 Å². The maximum atomic E-state index is 13.7. The Morgan fingerprint density at radius 3 is 2.48 bits per heavy atom. The summed E-state index contributed by atoms with van der Waals surface area (Å²) >= 11 is 0. The van der Waals surface area contributed by atoms with Crippen LogP contribution in [0.2, 0.25) is 0 Å². The second-order valence-corrected chi connectivity index (χ2v) is 12.6. The van der Waals surface area contributed by atoms with Gasteiger partial charge in [0.2, 0.25) is 5.95 Å². The molecule has 1 fully saturated rings. The van der Waals surface area contributed by atoms with Gasteiger partial charge in [-0.2, -0.15) is 35.3 Å². The number of nitrogens with one attached hydrogen (secondary N) is 4. The van der Waals surface area contributed by atoms with Gasteiger partial charge in [-0.15, -0.1) is 0 Å². The number of hydrogen-bond acceptors (Lipinski definition) is 7. The first-order chi connectivity index (χ1) is 20.9. The van der Waals surface area contributed by atoms with Gasteiger partial charge < -0.3 is 20.5 Å². The number of carbonyl (C=O) groups is 1. The highest BCUT2D eigenvalue weighted by Crippen LogP contribution is 2.36. The molecule has 0 unspecified atom stereocenters. The lowest BCUT2D eigenvalue weighted by Crippen LogP contribution is -2.52. The summed E-state index contributed by atoms with van der Waals surface area (Å²) in [6.07, 6.45) is -2.91. The van der Waals surface area contributed by atoms with Crippen LogP contribution in [0.1, 0.15) is 15.9 Å². The number of imidazole rings is 1. The third-order valence-electron chi connectivity index (χ3n) is 7.40. The average molecular weight is 628 g/mol. The van der Waals surface area contributed by atoms with Crippen molar-refractivity contribution in [3.63, 3.8) is 0 Å². The Bertz CT molecular complexity index is 1960. The minimum absolute atomic E-state index is 0.0619. The highest BCUT2D eigenvalue weighted by atomic mass is 32.2. The summed E-state index contributed by atoms with van der Waals surface area (Å²) in [7, 11) is -0.680. The van der Waals surface area contributed by atoms with E-state index in [9.17, 15) is 26.4 Å². The quantitative estimate of drug-likeness (QED) is 0.210. The summed E-state index contributed by atoms with van der Waals surface area (Å²) in [6, 6.07) is 13.6. The van der Waals surface area contributed by atoms with Gasteiger partial charge in [0.15, 0.2) is 0 Å². The molecule has 4 N–H and O–H groups in total. The zero-order chi connectivity index (χ0) is 31.2. The fourth-order valence-corrected chi connectivity index (χ4v) is 6.21. The molecule has 12 nitrogen and oxygen atoms in total. The monoisotopic (exact) mass is 627 g/mol. The number of fused-ring (bicyclic) bond motifs is 2. The largest absolute Gasteiger partial charge is 0.418 e. The van der Waals surface area contributed by atoms with Crippen molar-refractivity contribution in [2.24, 2.45) is 0 Å². The molecular formula is C28H28F3N9O3S. The number of aromatic amines is 2. The Balaban J connectivity index is 1.35. The maximum Gasteiger partial charge on any atom is 0.418 e. The van der Waals surface area contributed by atoms with Crippen molar-refractivity contribution in [1.82, 2.24) is 28.8 Å². The number of H-pyrrole nitrogens is 2. The van der Waals surface area contributed by atoms with Crippen LogP contribution in [0.5, 0.6) is 0 Å². The average Bonchev–Trinajstić information content (AvgIpc) is 3.62. The molecular weight excluding hydrogens is 599 g/mol. The lowest BCUT2D eigenvalue weighted by molar-refractivity contribution is -0.136. The number of nitrogens with zero attached hydrogens (tertiary/aromatic N) is 5. The number of benzene rings is 3. The molecule has 3 heterocycles.